The number of hydrazine groups is 1. The van der Waals surface area contributed by atoms with Crippen LogP contribution in [0.3, 0.4) is 0 Å². The third-order valence-electron chi connectivity index (χ3n) is 5.37. The molecule has 180 valence electrons. The van der Waals surface area contributed by atoms with Crippen LogP contribution in [0.2, 0.25) is 10.0 Å². The highest BCUT2D eigenvalue weighted by molar-refractivity contribution is 6.35. The molecule has 0 saturated carbocycles. The lowest BCUT2D eigenvalue weighted by Gasteiger charge is -2.26. The van der Waals surface area contributed by atoms with Crippen molar-refractivity contribution >= 4 is 29.1 Å². The average molecular weight is 519 g/mol. The van der Waals surface area contributed by atoms with Gasteiger partial charge in [0, 0.05) is 42.1 Å². The molecular formula is C26H20Cl2N6O2. The summed E-state index contributed by atoms with van der Waals surface area (Å²) in [6.45, 7) is 2.05. The Kier molecular flexibility index (Phi) is 8.23. The lowest BCUT2D eigenvalue weighted by Crippen LogP contribution is -2.48. The molecule has 10 heteroatoms. The lowest BCUT2D eigenvalue weighted by molar-refractivity contribution is 0.0124. The predicted molar refractivity (Wildman–Crippen MR) is 135 cm³/mol. The maximum Gasteiger partial charge on any atom is 0.287 e. The molecule has 8 nitrogen and oxygen atoms in total. The number of morpholine rings is 1. The van der Waals surface area contributed by atoms with Crippen LogP contribution in [0.1, 0.15) is 34.5 Å². The number of carbonyl (C=O) groups is 1. The van der Waals surface area contributed by atoms with Crippen LogP contribution < -0.4 is 5.43 Å². The highest BCUT2D eigenvalue weighted by Gasteiger charge is 2.27. The molecule has 36 heavy (non-hydrogen) atoms. The van der Waals surface area contributed by atoms with E-state index in [1.807, 2.05) is 12.1 Å². The number of halogens is 2. The number of rotatable bonds is 5. The molecule has 0 bridgehead atoms. The normalized spacial score (nSPS) is 13.2. The van der Waals surface area contributed by atoms with Crippen LogP contribution in [-0.2, 0) is 4.74 Å². The fourth-order valence-electron chi connectivity index (χ4n) is 3.64. The van der Waals surface area contributed by atoms with E-state index in [0.29, 0.717) is 66.1 Å². The Morgan fingerprint density at radius 1 is 1.08 bits per heavy atom. The molecule has 1 aromatic heterocycles. The van der Waals surface area contributed by atoms with Crippen LogP contribution in [0.4, 0.5) is 0 Å². The SMILES string of the molecule is N#CCCC#Cc1ccc(-c2c(C#N)c(C(=O)NN3CCOCC3)nn2-c2ccc(Cl)cc2Cl)cc1. The number of nitrogens with one attached hydrogen (secondary N) is 1. The molecule has 1 saturated heterocycles. The summed E-state index contributed by atoms with van der Waals surface area (Å²) in [4.78, 5) is 13.2. The number of benzene rings is 2. The van der Waals surface area contributed by atoms with Gasteiger partial charge in [0.2, 0.25) is 0 Å². The lowest BCUT2D eigenvalue weighted by atomic mass is 10.0. The van der Waals surface area contributed by atoms with Crippen LogP contribution in [0.15, 0.2) is 42.5 Å². The molecule has 1 fully saturated rings. The number of unbranched alkanes of at least 4 members (excludes halogenated alkanes) is 1. The van der Waals surface area contributed by atoms with Crippen molar-refractivity contribution in [1.29, 1.82) is 10.5 Å². The van der Waals surface area contributed by atoms with Gasteiger partial charge in [-0.1, -0.05) is 47.2 Å². The van der Waals surface area contributed by atoms with Crippen molar-refractivity contribution in [3.63, 3.8) is 0 Å². The first-order chi connectivity index (χ1) is 17.5. The minimum absolute atomic E-state index is 0.0228. The molecule has 4 rings (SSSR count). The molecule has 1 amide bonds. The Bertz CT molecular complexity index is 1420. The van der Waals surface area contributed by atoms with Gasteiger partial charge in [-0.25, -0.2) is 9.69 Å². The largest absolute Gasteiger partial charge is 0.379 e. The smallest absolute Gasteiger partial charge is 0.287 e. The van der Waals surface area contributed by atoms with Crippen LogP contribution in [0, 0.1) is 34.5 Å². The summed E-state index contributed by atoms with van der Waals surface area (Å²) >= 11 is 12.6. The standard InChI is InChI=1S/C26H20Cl2N6O2/c27-20-9-10-23(22(28)16-20)34-25(19-7-5-18(6-8-19)4-2-1-3-11-29)21(17-30)24(31-34)26(35)32-33-12-14-36-15-13-33/h5-10,16H,1,3,12-15H2,(H,32,35). The Morgan fingerprint density at radius 3 is 2.50 bits per heavy atom. The summed E-state index contributed by atoms with van der Waals surface area (Å²) in [6, 6.07) is 16.3. The summed E-state index contributed by atoms with van der Waals surface area (Å²) in [5, 5.41) is 25.8. The molecule has 0 radical (unpaired) electrons. The third-order valence-corrected chi connectivity index (χ3v) is 5.91. The highest BCUT2D eigenvalue weighted by Crippen LogP contribution is 2.33. The molecule has 1 aliphatic heterocycles. The Morgan fingerprint density at radius 2 is 1.83 bits per heavy atom. The van der Waals surface area contributed by atoms with E-state index in [2.05, 4.69) is 34.5 Å². The Labute approximate surface area is 218 Å². The zero-order chi connectivity index (χ0) is 25.5. The number of hydrogen-bond acceptors (Lipinski definition) is 6. The number of nitriles is 2. The minimum atomic E-state index is -0.501. The number of nitrogens with zero attached hydrogens (tertiary/aromatic N) is 5. The van der Waals surface area contributed by atoms with E-state index in [-0.39, 0.29) is 11.3 Å². The second kappa shape index (κ2) is 11.7. The van der Waals surface area contributed by atoms with Crippen LogP contribution >= 0.6 is 23.2 Å². The van der Waals surface area contributed by atoms with Gasteiger partial charge in [0.25, 0.3) is 5.91 Å². The van der Waals surface area contributed by atoms with Gasteiger partial charge in [-0.05, 0) is 30.3 Å². The zero-order valence-corrected chi connectivity index (χ0v) is 20.6. The monoisotopic (exact) mass is 518 g/mol. The summed E-state index contributed by atoms with van der Waals surface area (Å²) in [7, 11) is 0. The van der Waals surface area contributed by atoms with E-state index in [1.165, 1.54) is 4.68 Å². The summed E-state index contributed by atoms with van der Waals surface area (Å²) in [6.07, 6.45) is 0.854. The maximum absolute atomic E-state index is 13.2. The highest BCUT2D eigenvalue weighted by atomic mass is 35.5. The van der Waals surface area contributed by atoms with Gasteiger partial charge in [0.15, 0.2) is 5.69 Å². The van der Waals surface area contributed by atoms with Crippen molar-refractivity contribution in [3.05, 3.63) is 69.3 Å². The summed E-state index contributed by atoms with van der Waals surface area (Å²) in [5.74, 6) is 5.47. The van der Waals surface area contributed by atoms with Gasteiger partial charge < -0.3 is 4.74 Å². The van der Waals surface area contributed by atoms with Gasteiger partial charge in [-0.3, -0.25) is 10.2 Å². The molecule has 2 aromatic carbocycles. The summed E-state index contributed by atoms with van der Waals surface area (Å²) < 4.78 is 6.81. The summed E-state index contributed by atoms with van der Waals surface area (Å²) in [5.41, 5.74) is 5.20. The molecule has 0 spiro atoms. The first kappa shape index (κ1) is 25.3. The van der Waals surface area contributed by atoms with Gasteiger partial charge in [-0.2, -0.15) is 15.6 Å². The molecule has 0 aliphatic carbocycles. The van der Waals surface area contributed by atoms with Crippen molar-refractivity contribution in [2.75, 3.05) is 26.3 Å². The Balaban J connectivity index is 1.78. The molecule has 2 heterocycles. The number of aromatic nitrogens is 2. The number of ether oxygens (including phenoxy) is 1. The Hall–Kier alpha value is -3.84. The zero-order valence-electron chi connectivity index (χ0n) is 19.1. The second-order valence-electron chi connectivity index (χ2n) is 7.77. The minimum Gasteiger partial charge on any atom is -0.379 e. The number of carbonyl (C=O) groups excluding carboxylic acids is 1. The van der Waals surface area contributed by atoms with Crippen molar-refractivity contribution in [2.45, 2.75) is 12.8 Å². The van der Waals surface area contributed by atoms with E-state index in [9.17, 15) is 10.1 Å². The fourth-order valence-corrected chi connectivity index (χ4v) is 4.13. The first-order valence-electron chi connectivity index (χ1n) is 11.1. The van der Waals surface area contributed by atoms with E-state index in [1.54, 1.807) is 35.3 Å². The van der Waals surface area contributed by atoms with Gasteiger partial charge in [0.05, 0.1) is 35.7 Å². The van der Waals surface area contributed by atoms with Crippen molar-refractivity contribution < 1.29 is 9.53 Å². The van der Waals surface area contributed by atoms with E-state index in [4.69, 9.17) is 33.2 Å². The molecule has 0 atom stereocenters. The predicted octanol–water partition coefficient (Wildman–Crippen LogP) is 4.35. The molecule has 0 unspecified atom stereocenters. The van der Waals surface area contributed by atoms with Crippen LogP contribution in [0.5, 0.6) is 0 Å². The molecule has 1 aliphatic rings. The third kappa shape index (κ3) is 5.69. The van der Waals surface area contributed by atoms with Crippen LogP contribution in [0.25, 0.3) is 16.9 Å². The second-order valence-corrected chi connectivity index (χ2v) is 8.61. The molecular weight excluding hydrogens is 499 g/mol. The van der Waals surface area contributed by atoms with Crippen LogP contribution in [-0.4, -0.2) is 47.0 Å². The van der Waals surface area contributed by atoms with E-state index in [0.717, 1.165) is 5.56 Å². The van der Waals surface area contributed by atoms with E-state index < -0.39 is 5.91 Å². The quantitative estimate of drug-likeness (QED) is 0.397. The van der Waals surface area contributed by atoms with Gasteiger partial charge >= 0.3 is 0 Å². The van der Waals surface area contributed by atoms with Crippen molar-refractivity contribution in [2.24, 2.45) is 0 Å². The molecule has 1 N–H and O–H groups in total. The maximum atomic E-state index is 13.2. The number of hydrogen-bond donors (Lipinski definition) is 1. The topological polar surface area (TPSA) is 107 Å². The van der Waals surface area contributed by atoms with Gasteiger partial charge in [-0.15, -0.1) is 0 Å². The number of amides is 1. The molecule has 3 aromatic rings. The van der Waals surface area contributed by atoms with Crippen molar-refractivity contribution in [3.8, 4) is 40.9 Å². The first-order valence-corrected chi connectivity index (χ1v) is 11.9. The van der Waals surface area contributed by atoms with E-state index >= 15 is 0 Å². The fraction of sp³-hybridized carbons (Fsp3) is 0.231. The van der Waals surface area contributed by atoms with Crippen molar-refractivity contribution in [1.82, 2.24) is 20.2 Å². The average Bonchev–Trinajstić information content (AvgIpc) is 3.27. The van der Waals surface area contributed by atoms with Gasteiger partial charge in [0.1, 0.15) is 11.6 Å².